The summed E-state index contributed by atoms with van der Waals surface area (Å²) in [6.07, 6.45) is 7.73. The molecule has 1 saturated heterocycles. The van der Waals surface area contributed by atoms with Crippen molar-refractivity contribution in [2.24, 2.45) is 16.6 Å². The van der Waals surface area contributed by atoms with Crippen molar-refractivity contribution in [1.82, 2.24) is 10.2 Å². The average Bonchev–Trinajstić information content (AvgIpc) is 3.16. The Morgan fingerprint density at radius 3 is 2.78 bits per heavy atom. The van der Waals surface area contributed by atoms with E-state index in [1.165, 1.54) is 12.8 Å². The van der Waals surface area contributed by atoms with Gasteiger partial charge >= 0.3 is 0 Å². The zero-order valence-corrected chi connectivity index (χ0v) is 16.3. The number of ether oxygens (including phenoxy) is 1. The first-order chi connectivity index (χ1) is 13.2. The summed E-state index contributed by atoms with van der Waals surface area (Å²) in [6.45, 7) is 2.45. The fourth-order valence-corrected chi connectivity index (χ4v) is 4.17. The number of guanidine groups is 1. The molecular formula is C21H32N4O2. The number of nitrogens with one attached hydrogen (secondary N) is 1. The van der Waals surface area contributed by atoms with Crippen molar-refractivity contribution in [2.75, 3.05) is 20.1 Å². The molecule has 148 valence electrons. The van der Waals surface area contributed by atoms with E-state index in [0.717, 1.165) is 56.0 Å². The van der Waals surface area contributed by atoms with Crippen molar-refractivity contribution in [1.29, 1.82) is 0 Å². The van der Waals surface area contributed by atoms with E-state index in [2.05, 4.69) is 27.3 Å². The van der Waals surface area contributed by atoms with Crippen LogP contribution in [0.25, 0.3) is 0 Å². The molecule has 1 saturated carbocycles. The lowest BCUT2D eigenvalue weighted by Gasteiger charge is -2.34. The first-order valence-electron chi connectivity index (χ1n) is 10.1. The molecule has 2 fully saturated rings. The largest absolute Gasteiger partial charge is 0.490 e. The topological polar surface area (TPSA) is 80.0 Å². The molecule has 1 amide bonds. The van der Waals surface area contributed by atoms with Gasteiger partial charge in [-0.15, -0.1) is 0 Å². The second-order valence-electron chi connectivity index (χ2n) is 7.66. The fourth-order valence-electron chi connectivity index (χ4n) is 4.17. The third-order valence-corrected chi connectivity index (χ3v) is 5.53. The lowest BCUT2D eigenvalue weighted by atomic mass is 9.95. The fraction of sp³-hybridized carbons (Fsp3) is 0.619. The van der Waals surface area contributed by atoms with Gasteiger partial charge in [0.25, 0.3) is 0 Å². The van der Waals surface area contributed by atoms with Gasteiger partial charge in [-0.05, 0) is 50.5 Å². The number of carbonyl (C=O) groups excluding carboxylic acids is 1. The molecule has 6 nitrogen and oxygen atoms in total. The molecule has 3 rings (SSSR count). The molecule has 1 aromatic rings. The lowest BCUT2D eigenvalue weighted by molar-refractivity contribution is -0.119. The number of aliphatic imine (C=N–C) groups is 1. The Morgan fingerprint density at radius 1 is 1.26 bits per heavy atom. The number of hydrogen-bond donors (Lipinski definition) is 2. The molecule has 0 spiro atoms. The minimum Gasteiger partial charge on any atom is -0.490 e. The Kier molecular flexibility index (Phi) is 6.96. The van der Waals surface area contributed by atoms with Crippen molar-refractivity contribution in [2.45, 2.75) is 57.6 Å². The van der Waals surface area contributed by atoms with Crippen LogP contribution in [0, 0.1) is 5.92 Å². The Balaban J connectivity index is 1.58. The average molecular weight is 373 g/mol. The van der Waals surface area contributed by atoms with Crippen LogP contribution < -0.4 is 15.8 Å². The number of hydrogen-bond acceptors (Lipinski definition) is 3. The first-order valence-corrected chi connectivity index (χ1v) is 10.1. The summed E-state index contributed by atoms with van der Waals surface area (Å²) in [4.78, 5) is 17.9. The molecular weight excluding hydrogens is 340 g/mol. The standard InChI is InChI=1S/C21H32N4O2/c1-23-21(25-12-6-7-16(15-25)13-20(22)26)24-14-17-8-2-5-11-19(17)27-18-9-3-4-10-18/h2,5,8,11,16,18H,3-4,6-7,9-10,12-15H2,1H3,(H2,22,26)(H,23,24). The van der Waals surface area contributed by atoms with Crippen LogP contribution in [0.1, 0.15) is 50.5 Å². The van der Waals surface area contributed by atoms with Crippen molar-refractivity contribution >= 4 is 11.9 Å². The number of benzene rings is 1. The van der Waals surface area contributed by atoms with E-state index < -0.39 is 0 Å². The Labute approximate surface area is 162 Å². The van der Waals surface area contributed by atoms with Crippen LogP contribution in [-0.2, 0) is 11.3 Å². The van der Waals surface area contributed by atoms with Gasteiger partial charge in [-0.1, -0.05) is 18.2 Å². The molecule has 1 aliphatic heterocycles. The van der Waals surface area contributed by atoms with Gasteiger partial charge in [0.15, 0.2) is 5.96 Å². The highest BCUT2D eigenvalue weighted by molar-refractivity contribution is 5.80. The summed E-state index contributed by atoms with van der Waals surface area (Å²) in [6, 6.07) is 8.24. The van der Waals surface area contributed by atoms with Crippen molar-refractivity contribution in [3.8, 4) is 5.75 Å². The first kappa shape index (κ1) is 19.5. The second kappa shape index (κ2) is 9.62. The zero-order chi connectivity index (χ0) is 19.1. The highest BCUT2D eigenvalue weighted by Gasteiger charge is 2.24. The Bertz CT molecular complexity index is 655. The molecule has 0 radical (unpaired) electrons. The molecule has 1 heterocycles. The maximum atomic E-state index is 11.2. The number of primary amides is 1. The SMILES string of the molecule is CN=C(NCc1ccccc1OC1CCCC1)N1CCCC(CC(N)=O)C1. The minimum absolute atomic E-state index is 0.220. The summed E-state index contributed by atoms with van der Waals surface area (Å²) in [5, 5.41) is 3.47. The van der Waals surface area contributed by atoms with E-state index in [1.807, 2.05) is 12.1 Å². The van der Waals surface area contributed by atoms with Gasteiger partial charge in [0.2, 0.25) is 5.91 Å². The molecule has 3 N–H and O–H groups in total. The predicted octanol–water partition coefficient (Wildman–Crippen LogP) is 2.67. The monoisotopic (exact) mass is 372 g/mol. The van der Waals surface area contributed by atoms with Gasteiger partial charge in [-0.2, -0.15) is 0 Å². The summed E-state index contributed by atoms with van der Waals surface area (Å²) in [5.41, 5.74) is 6.53. The van der Waals surface area contributed by atoms with Crippen LogP contribution in [0.3, 0.4) is 0 Å². The van der Waals surface area contributed by atoms with E-state index >= 15 is 0 Å². The van der Waals surface area contributed by atoms with E-state index in [9.17, 15) is 4.79 Å². The van der Waals surface area contributed by atoms with Gasteiger partial charge in [0.05, 0.1) is 6.10 Å². The van der Waals surface area contributed by atoms with Crippen LogP contribution in [0.2, 0.25) is 0 Å². The number of nitrogens with two attached hydrogens (primary N) is 1. The quantitative estimate of drug-likeness (QED) is 0.594. The highest BCUT2D eigenvalue weighted by atomic mass is 16.5. The molecule has 0 aromatic heterocycles. The Hall–Kier alpha value is -2.24. The third-order valence-electron chi connectivity index (χ3n) is 5.53. The number of piperidine rings is 1. The number of rotatable bonds is 6. The van der Waals surface area contributed by atoms with Crippen LogP contribution in [0.5, 0.6) is 5.75 Å². The second-order valence-corrected chi connectivity index (χ2v) is 7.66. The minimum atomic E-state index is -0.220. The molecule has 1 unspecified atom stereocenters. The number of amides is 1. The zero-order valence-electron chi connectivity index (χ0n) is 16.3. The number of para-hydroxylation sites is 1. The summed E-state index contributed by atoms with van der Waals surface area (Å²) < 4.78 is 6.23. The molecule has 1 atom stereocenters. The maximum absolute atomic E-state index is 11.2. The van der Waals surface area contributed by atoms with E-state index in [1.54, 1.807) is 7.05 Å². The van der Waals surface area contributed by atoms with Crippen LogP contribution >= 0.6 is 0 Å². The number of likely N-dealkylation sites (tertiary alicyclic amines) is 1. The summed E-state index contributed by atoms with van der Waals surface area (Å²) in [5.74, 6) is 1.94. The maximum Gasteiger partial charge on any atom is 0.217 e. The molecule has 6 heteroatoms. The van der Waals surface area contributed by atoms with Gasteiger partial charge in [-0.3, -0.25) is 9.79 Å². The number of nitrogens with zero attached hydrogens (tertiary/aromatic N) is 2. The molecule has 2 aliphatic rings. The number of carbonyl (C=O) groups is 1. The molecule has 27 heavy (non-hydrogen) atoms. The predicted molar refractivity (Wildman–Crippen MR) is 108 cm³/mol. The molecule has 0 bridgehead atoms. The van der Waals surface area contributed by atoms with Crippen LogP contribution in [0.15, 0.2) is 29.3 Å². The normalized spacial score (nSPS) is 21.3. The highest BCUT2D eigenvalue weighted by Crippen LogP contribution is 2.26. The smallest absolute Gasteiger partial charge is 0.217 e. The van der Waals surface area contributed by atoms with E-state index in [0.29, 0.717) is 25.0 Å². The third kappa shape index (κ3) is 5.62. The van der Waals surface area contributed by atoms with Gasteiger partial charge in [0, 0.05) is 38.7 Å². The van der Waals surface area contributed by atoms with E-state index in [4.69, 9.17) is 10.5 Å². The van der Waals surface area contributed by atoms with Gasteiger partial charge in [0.1, 0.15) is 5.75 Å². The van der Waals surface area contributed by atoms with Gasteiger partial charge in [-0.25, -0.2) is 0 Å². The Morgan fingerprint density at radius 2 is 2.04 bits per heavy atom. The van der Waals surface area contributed by atoms with Crippen molar-refractivity contribution < 1.29 is 9.53 Å². The molecule has 1 aromatic carbocycles. The lowest BCUT2D eigenvalue weighted by Crippen LogP contribution is -2.46. The van der Waals surface area contributed by atoms with Crippen LogP contribution in [-0.4, -0.2) is 43.0 Å². The van der Waals surface area contributed by atoms with Crippen molar-refractivity contribution in [3.63, 3.8) is 0 Å². The van der Waals surface area contributed by atoms with E-state index in [-0.39, 0.29) is 5.91 Å². The van der Waals surface area contributed by atoms with Crippen molar-refractivity contribution in [3.05, 3.63) is 29.8 Å². The summed E-state index contributed by atoms with van der Waals surface area (Å²) in [7, 11) is 1.81. The summed E-state index contributed by atoms with van der Waals surface area (Å²) >= 11 is 0. The van der Waals surface area contributed by atoms with Gasteiger partial charge < -0.3 is 20.7 Å². The molecule has 1 aliphatic carbocycles. The van der Waals surface area contributed by atoms with Crippen LogP contribution in [0.4, 0.5) is 0 Å².